The van der Waals surface area contributed by atoms with Gasteiger partial charge in [0.25, 0.3) is 0 Å². The second kappa shape index (κ2) is 4.32. The van der Waals surface area contributed by atoms with Gasteiger partial charge in [0.2, 0.25) is 0 Å². The Balaban J connectivity index is 2.22. The van der Waals surface area contributed by atoms with Crippen LogP contribution in [0.5, 0.6) is 0 Å². The van der Waals surface area contributed by atoms with Crippen molar-refractivity contribution in [2.75, 3.05) is 5.33 Å². The molecule has 1 atom stereocenters. The van der Waals surface area contributed by atoms with Gasteiger partial charge in [0.1, 0.15) is 6.10 Å². The number of hydrogen-bond acceptors (Lipinski definition) is 2. The summed E-state index contributed by atoms with van der Waals surface area (Å²) in [5.41, 5.74) is 1.90. The van der Waals surface area contributed by atoms with Gasteiger partial charge in [-0.05, 0) is 6.07 Å². The normalized spacial score (nSPS) is 20.4. The van der Waals surface area contributed by atoms with Crippen molar-refractivity contribution in [3.8, 4) is 0 Å². The second-order valence-corrected chi connectivity index (χ2v) is 4.16. The lowest BCUT2D eigenvalue weighted by Crippen LogP contribution is -2.09. The Morgan fingerprint density at radius 3 is 2.93 bits per heavy atom. The second-order valence-electron chi connectivity index (χ2n) is 3.10. The Labute approximate surface area is 96.0 Å². The molecule has 4 heteroatoms. The molecule has 0 amide bonds. The fourth-order valence-electron chi connectivity index (χ4n) is 1.37. The van der Waals surface area contributed by atoms with Crippen molar-refractivity contribution < 1.29 is 4.84 Å². The first-order chi connectivity index (χ1) is 6.81. The molecule has 0 saturated carbocycles. The van der Waals surface area contributed by atoms with Gasteiger partial charge < -0.3 is 4.84 Å². The molecule has 1 aliphatic heterocycles. The summed E-state index contributed by atoms with van der Waals surface area (Å²) in [6.07, 6.45) is 0.955. The summed E-state index contributed by atoms with van der Waals surface area (Å²) in [6.45, 7) is 0. The highest BCUT2D eigenvalue weighted by molar-refractivity contribution is 9.09. The van der Waals surface area contributed by atoms with Crippen LogP contribution in [0.3, 0.4) is 0 Å². The van der Waals surface area contributed by atoms with Crippen LogP contribution in [0.4, 0.5) is 0 Å². The average molecular weight is 275 g/mol. The maximum absolute atomic E-state index is 6.05. The number of hydrogen-bond donors (Lipinski definition) is 0. The largest absolute Gasteiger partial charge is 0.391 e. The van der Waals surface area contributed by atoms with E-state index >= 15 is 0 Å². The Kier molecular flexibility index (Phi) is 3.08. The van der Waals surface area contributed by atoms with Gasteiger partial charge >= 0.3 is 0 Å². The lowest BCUT2D eigenvalue weighted by atomic mass is 10.1. The Morgan fingerprint density at radius 1 is 1.50 bits per heavy atom. The van der Waals surface area contributed by atoms with Gasteiger partial charge in [-0.25, -0.2) is 0 Å². The number of halogens is 2. The van der Waals surface area contributed by atoms with Crippen molar-refractivity contribution in [2.24, 2.45) is 5.16 Å². The van der Waals surface area contributed by atoms with E-state index in [-0.39, 0.29) is 6.10 Å². The first-order valence-corrected chi connectivity index (χ1v) is 5.84. The molecule has 2 rings (SSSR count). The van der Waals surface area contributed by atoms with Crippen LogP contribution < -0.4 is 0 Å². The van der Waals surface area contributed by atoms with Crippen molar-refractivity contribution in [1.29, 1.82) is 0 Å². The quantitative estimate of drug-likeness (QED) is 0.759. The van der Waals surface area contributed by atoms with Gasteiger partial charge in [0.15, 0.2) is 0 Å². The van der Waals surface area contributed by atoms with E-state index in [1.54, 1.807) is 0 Å². The van der Waals surface area contributed by atoms with Crippen molar-refractivity contribution in [3.63, 3.8) is 0 Å². The van der Waals surface area contributed by atoms with Gasteiger partial charge in [-0.1, -0.05) is 50.9 Å². The van der Waals surface area contributed by atoms with Gasteiger partial charge in [0.05, 0.1) is 5.71 Å². The maximum Gasteiger partial charge on any atom is 0.142 e. The standard InChI is InChI=1S/C10H9BrClNO/c11-6-7-5-10(13-14-7)8-3-1-2-4-9(8)12/h1-4,7H,5-6H2/t7-/m1/s1. The predicted octanol–water partition coefficient (Wildman–Crippen LogP) is 3.23. The van der Waals surface area contributed by atoms with E-state index < -0.39 is 0 Å². The molecule has 2 nitrogen and oxygen atoms in total. The van der Waals surface area contributed by atoms with Crippen LogP contribution in [-0.2, 0) is 4.84 Å². The third-order valence-electron chi connectivity index (χ3n) is 2.09. The zero-order valence-corrected chi connectivity index (χ0v) is 9.75. The lowest BCUT2D eigenvalue weighted by molar-refractivity contribution is 0.104. The molecule has 1 aliphatic rings. The smallest absolute Gasteiger partial charge is 0.142 e. The summed E-state index contributed by atoms with van der Waals surface area (Å²) < 4.78 is 0. The zero-order chi connectivity index (χ0) is 9.97. The molecule has 1 heterocycles. The fourth-order valence-corrected chi connectivity index (χ4v) is 1.96. The van der Waals surface area contributed by atoms with Crippen LogP contribution in [0.15, 0.2) is 29.4 Å². The SMILES string of the molecule is Clc1ccccc1C1=NO[C@@H](CBr)C1. The molecule has 0 aliphatic carbocycles. The summed E-state index contributed by atoms with van der Waals surface area (Å²) in [7, 11) is 0. The summed E-state index contributed by atoms with van der Waals surface area (Å²) >= 11 is 9.41. The molecule has 0 N–H and O–H groups in total. The summed E-state index contributed by atoms with van der Waals surface area (Å²) in [5.74, 6) is 0. The van der Waals surface area contributed by atoms with Gasteiger partial charge in [0, 0.05) is 22.3 Å². The van der Waals surface area contributed by atoms with Crippen molar-refractivity contribution in [1.82, 2.24) is 0 Å². The Hall–Kier alpha value is -0.540. The highest BCUT2D eigenvalue weighted by Crippen LogP contribution is 2.23. The predicted molar refractivity (Wildman–Crippen MR) is 61.3 cm³/mol. The number of alkyl halides is 1. The van der Waals surface area contributed by atoms with E-state index in [2.05, 4.69) is 21.1 Å². The summed E-state index contributed by atoms with van der Waals surface area (Å²) in [6, 6.07) is 7.68. The molecule has 1 aromatic rings. The van der Waals surface area contributed by atoms with Crippen LogP contribution in [0.25, 0.3) is 0 Å². The monoisotopic (exact) mass is 273 g/mol. The summed E-state index contributed by atoms with van der Waals surface area (Å²) in [5, 5.41) is 5.54. The molecule has 0 unspecified atom stereocenters. The van der Waals surface area contributed by atoms with Crippen LogP contribution in [0.1, 0.15) is 12.0 Å². The van der Waals surface area contributed by atoms with E-state index in [0.29, 0.717) is 0 Å². The van der Waals surface area contributed by atoms with E-state index in [1.807, 2.05) is 24.3 Å². The molecule has 0 aromatic heterocycles. The number of nitrogens with zero attached hydrogens (tertiary/aromatic N) is 1. The first-order valence-electron chi connectivity index (χ1n) is 4.35. The Bertz CT molecular complexity index is 367. The molecule has 0 spiro atoms. The minimum absolute atomic E-state index is 0.140. The van der Waals surface area contributed by atoms with E-state index in [9.17, 15) is 0 Å². The molecule has 0 radical (unpaired) electrons. The molecular formula is C10H9BrClNO. The third kappa shape index (κ3) is 1.93. The highest BCUT2D eigenvalue weighted by Gasteiger charge is 2.22. The first kappa shape index (κ1) is 9.99. The molecule has 0 bridgehead atoms. The van der Waals surface area contributed by atoms with Crippen LogP contribution >= 0.6 is 27.5 Å². The van der Waals surface area contributed by atoms with Gasteiger partial charge in [-0.3, -0.25) is 0 Å². The van der Waals surface area contributed by atoms with Crippen LogP contribution in [-0.4, -0.2) is 17.1 Å². The number of benzene rings is 1. The molecule has 0 saturated heterocycles. The van der Waals surface area contributed by atoms with Crippen molar-refractivity contribution in [3.05, 3.63) is 34.9 Å². The van der Waals surface area contributed by atoms with Crippen molar-refractivity contribution in [2.45, 2.75) is 12.5 Å². The highest BCUT2D eigenvalue weighted by atomic mass is 79.9. The van der Waals surface area contributed by atoms with E-state index in [4.69, 9.17) is 16.4 Å². The van der Waals surface area contributed by atoms with Crippen LogP contribution in [0, 0.1) is 0 Å². The molecular weight excluding hydrogens is 265 g/mol. The Morgan fingerprint density at radius 2 is 2.29 bits per heavy atom. The third-order valence-corrected chi connectivity index (χ3v) is 3.14. The van der Waals surface area contributed by atoms with Crippen molar-refractivity contribution >= 4 is 33.2 Å². The molecule has 74 valence electrons. The fraction of sp³-hybridized carbons (Fsp3) is 0.300. The summed E-state index contributed by atoms with van der Waals surface area (Å²) in [4.78, 5) is 5.21. The van der Waals surface area contributed by atoms with Crippen LogP contribution in [0.2, 0.25) is 5.02 Å². The minimum Gasteiger partial charge on any atom is -0.391 e. The minimum atomic E-state index is 0.140. The van der Waals surface area contributed by atoms with Gasteiger partial charge in [-0.2, -0.15) is 0 Å². The average Bonchev–Trinajstić information content (AvgIpc) is 2.67. The maximum atomic E-state index is 6.05. The van der Waals surface area contributed by atoms with E-state index in [0.717, 1.165) is 28.0 Å². The topological polar surface area (TPSA) is 21.6 Å². The molecule has 0 fully saturated rings. The molecule has 1 aromatic carbocycles. The lowest BCUT2D eigenvalue weighted by Gasteiger charge is -2.02. The van der Waals surface area contributed by atoms with E-state index in [1.165, 1.54) is 0 Å². The van der Waals surface area contributed by atoms with Gasteiger partial charge in [-0.15, -0.1) is 0 Å². The molecule has 14 heavy (non-hydrogen) atoms. The zero-order valence-electron chi connectivity index (χ0n) is 7.41. The number of oxime groups is 1. The number of rotatable bonds is 2.